The van der Waals surface area contributed by atoms with Crippen molar-refractivity contribution in [1.29, 1.82) is 0 Å². The molecule has 0 saturated carbocycles. The number of carbonyl (C=O) groups excluding carboxylic acids is 2. The summed E-state index contributed by atoms with van der Waals surface area (Å²) < 4.78 is 5.30. The van der Waals surface area contributed by atoms with Crippen LogP contribution in [0.5, 0.6) is 0 Å². The summed E-state index contributed by atoms with van der Waals surface area (Å²) in [5.41, 5.74) is 5.47. The van der Waals surface area contributed by atoms with Crippen LogP contribution in [0.15, 0.2) is 15.9 Å². The van der Waals surface area contributed by atoms with Gasteiger partial charge in [-0.05, 0) is 28.1 Å². The summed E-state index contributed by atoms with van der Waals surface area (Å²) in [6.45, 7) is 0. The fourth-order valence-electron chi connectivity index (χ4n) is 0.999. The Kier molecular flexibility index (Phi) is 4.44. The number of esters is 1. The number of nitrogens with two attached hydrogens (primary N) is 1. The van der Waals surface area contributed by atoms with E-state index < -0.39 is 12.0 Å². The normalized spacial score (nSPS) is 12.2. The lowest BCUT2D eigenvalue weighted by Crippen LogP contribution is -2.33. The Morgan fingerprint density at radius 1 is 1.60 bits per heavy atom. The first-order chi connectivity index (χ1) is 7.04. The minimum absolute atomic E-state index is 0.0281. The molecule has 1 aromatic rings. The number of rotatable bonds is 4. The second-order valence-electron chi connectivity index (χ2n) is 2.86. The molecular weight excluding hydrogens is 282 g/mol. The molecule has 15 heavy (non-hydrogen) atoms. The Labute approximate surface area is 99.5 Å². The Balaban J connectivity index is 2.60. The van der Waals surface area contributed by atoms with Crippen LogP contribution in [0.3, 0.4) is 0 Å². The molecule has 1 rings (SSSR count). The standard InChI is InChI=1S/C9H10BrNO3S/c1-14-9(13)5(11)4-6(12)7-2-3-8(10)15-7/h2-3,5H,4,11H2,1H3. The van der Waals surface area contributed by atoms with Gasteiger partial charge in [-0.3, -0.25) is 9.59 Å². The topological polar surface area (TPSA) is 69.4 Å². The number of carbonyl (C=O) groups is 2. The molecule has 0 bridgehead atoms. The zero-order valence-corrected chi connectivity index (χ0v) is 10.4. The number of Topliss-reactive ketones (excluding diaryl/α,β-unsaturated/α-hetero) is 1. The van der Waals surface area contributed by atoms with E-state index in [-0.39, 0.29) is 12.2 Å². The van der Waals surface area contributed by atoms with Gasteiger partial charge in [0.2, 0.25) is 0 Å². The molecule has 6 heteroatoms. The van der Waals surface area contributed by atoms with Gasteiger partial charge < -0.3 is 10.5 Å². The van der Waals surface area contributed by atoms with Crippen LogP contribution in [-0.4, -0.2) is 24.9 Å². The van der Waals surface area contributed by atoms with Crippen molar-refractivity contribution in [3.8, 4) is 0 Å². The minimum Gasteiger partial charge on any atom is -0.468 e. The van der Waals surface area contributed by atoms with Crippen molar-refractivity contribution in [2.75, 3.05) is 7.11 Å². The zero-order chi connectivity index (χ0) is 11.4. The molecule has 0 aliphatic rings. The number of hydrogen-bond acceptors (Lipinski definition) is 5. The maximum atomic E-state index is 11.6. The third-order valence-electron chi connectivity index (χ3n) is 1.76. The molecular formula is C9H10BrNO3S. The Bertz CT molecular complexity index is 377. The Morgan fingerprint density at radius 2 is 2.27 bits per heavy atom. The lowest BCUT2D eigenvalue weighted by atomic mass is 10.1. The molecule has 0 amide bonds. The highest BCUT2D eigenvalue weighted by atomic mass is 79.9. The summed E-state index contributed by atoms with van der Waals surface area (Å²) in [5, 5.41) is 0. The van der Waals surface area contributed by atoms with Gasteiger partial charge in [-0.2, -0.15) is 0 Å². The molecule has 0 fully saturated rings. The molecule has 0 aliphatic heterocycles. The van der Waals surface area contributed by atoms with E-state index in [2.05, 4.69) is 20.7 Å². The average Bonchev–Trinajstić information content (AvgIpc) is 2.63. The third kappa shape index (κ3) is 3.40. The molecule has 0 spiro atoms. The molecule has 0 aromatic carbocycles. The Hall–Kier alpha value is -0.720. The van der Waals surface area contributed by atoms with Gasteiger partial charge in [-0.1, -0.05) is 0 Å². The van der Waals surface area contributed by atoms with E-state index in [0.29, 0.717) is 4.88 Å². The van der Waals surface area contributed by atoms with Gasteiger partial charge in [0.1, 0.15) is 6.04 Å². The molecule has 1 heterocycles. The van der Waals surface area contributed by atoms with E-state index >= 15 is 0 Å². The van der Waals surface area contributed by atoms with Crippen LogP contribution in [0.1, 0.15) is 16.1 Å². The van der Waals surface area contributed by atoms with Crippen molar-refractivity contribution < 1.29 is 14.3 Å². The molecule has 0 aliphatic carbocycles. The number of halogens is 1. The molecule has 0 radical (unpaired) electrons. The third-order valence-corrected chi connectivity index (χ3v) is 3.42. The summed E-state index contributed by atoms with van der Waals surface area (Å²) in [6, 6.07) is 2.59. The van der Waals surface area contributed by atoms with Crippen molar-refractivity contribution in [1.82, 2.24) is 0 Å². The van der Waals surface area contributed by atoms with Gasteiger partial charge in [-0.25, -0.2) is 0 Å². The van der Waals surface area contributed by atoms with Gasteiger partial charge in [-0.15, -0.1) is 11.3 Å². The smallest absolute Gasteiger partial charge is 0.323 e. The van der Waals surface area contributed by atoms with Crippen LogP contribution in [0, 0.1) is 0 Å². The average molecular weight is 292 g/mol. The van der Waals surface area contributed by atoms with Gasteiger partial charge >= 0.3 is 5.97 Å². The zero-order valence-electron chi connectivity index (χ0n) is 8.03. The molecule has 1 atom stereocenters. The summed E-state index contributed by atoms with van der Waals surface area (Å²) in [7, 11) is 1.24. The number of ketones is 1. The van der Waals surface area contributed by atoms with E-state index in [0.717, 1.165) is 3.79 Å². The highest BCUT2D eigenvalue weighted by Gasteiger charge is 2.19. The van der Waals surface area contributed by atoms with E-state index in [1.807, 2.05) is 0 Å². The second-order valence-corrected chi connectivity index (χ2v) is 5.32. The fourth-order valence-corrected chi connectivity index (χ4v) is 2.33. The van der Waals surface area contributed by atoms with Crippen LogP contribution in [0.2, 0.25) is 0 Å². The highest BCUT2D eigenvalue weighted by Crippen LogP contribution is 2.23. The molecule has 1 aromatic heterocycles. The quantitative estimate of drug-likeness (QED) is 0.675. The van der Waals surface area contributed by atoms with Gasteiger partial charge in [0.25, 0.3) is 0 Å². The van der Waals surface area contributed by atoms with Crippen molar-refractivity contribution in [3.63, 3.8) is 0 Å². The lowest BCUT2D eigenvalue weighted by Gasteiger charge is -2.06. The monoisotopic (exact) mass is 291 g/mol. The number of ether oxygens (including phenoxy) is 1. The predicted molar refractivity (Wildman–Crippen MR) is 61.0 cm³/mol. The predicted octanol–water partition coefficient (Wildman–Crippen LogP) is 1.58. The summed E-state index contributed by atoms with van der Waals surface area (Å²) in [5.74, 6) is -0.720. The maximum Gasteiger partial charge on any atom is 0.323 e. The van der Waals surface area contributed by atoms with Crippen molar-refractivity contribution in [2.24, 2.45) is 5.73 Å². The van der Waals surface area contributed by atoms with Crippen molar-refractivity contribution in [2.45, 2.75) is 12.5 Å². The van der Waals surface area contributed by atoms with Crippen LogP contribution in [0.4, 0.5) is 0 Å². The van der Waals surface area contributed by atoms with Crippen LogP contribution in [-0.2, 0) is 9.53 Å². The van der Waals surface area contributed by atoms with Crippen LogP contribution < -0.4 is 5.73 Å². The maximum absolute atomic E-state index is 11.6. The second kappa shape index (κ2) is 5.39. The van der Waals surface area contributed by atoms with Crippen LogP contribution >= 0.6 is 27.3 Å². The van der Waals surface area contributed by atoms with Gasteiger partial charge in [0.15, 0.2) is 5.78 Å². The fraction of sp³-hybridized carbons (Fsp3) is 0.333. The molecule has 2 N–H and O–H groups in total. The van der Waals surface area contributed by atoms with Crippen molar-refractivity contribution in [3.05, 3.63) is 20.8 Å². The highest BCUT2D eigenvalue weighted by molar-refractivity contribution is 9.11. The number of hydrogen-bond donors (Lipinski definition) is 1. The van der Waals surface area contributed by atoms with Gasteiger partial charge in [0.05, 0.1) is 15.8 Å². The Morgan fingerprint density at radius 3 is 2.73 bits per heavy atom. The summed E-state index contributed by atoms with van der Waals surface area (Å²) in [6.07, 6.45) is -0.0281. The number of thiophene rings is 1. The first kappa shape index (κ1) is 12.4. The number of methoxy groups -OCH3 is 1. The minimum atomic E-state index is -0.886. The molecule has 4 nitrogen and oxygen atoms in total. The van der Waals surface area contributed by atoms with Crippen LogP contribution in [0.25, 0.3) is 0 Å². The van der Waals surface area contributed by atoms with E-state index in [1.54, 1.807) is 12.1 Å². The van der Waals surface area contributed by atoms with E-state index in [9.17, 15) is 9.59 Å². The first-order valence-electron chi connectivity index (χ1n) is 4.16. The lowest BCUT2D eigenvalue weighted by molar-refractivity contribution is -0.142. The summed E-state index contributed by atoms with van der Waals surface area (Å²) in [4.78, 5) is 23.2. The van der Waals surface area contributed by atoms with Gasteiger partial charge in [0, 0.05) is 6.42 Å². The SMILES string of the molecule is COC(=O)C(N)CC(=O)c1ccc(Br)s1. The largest absolute Gasteiger partial charge is 0.468 e. The molecule has 0 saturated heterocycles. The van der Waals surface area contributed by atoms with Crippen molar-refractivity contribution >= 4 is 39.0 Å². The van der Waals surface area contributed by atoms with E-state index in [1.165, 1.54) is 18.4 Å². The molecule has 82 valence electrons. The first-order valence-corrected chi connectivity index (χ1v) is 5.77. The van der Waals surface area contributed by atoms with E-state index in [4.69, 9.17) is 5.73 Å². The molecule has 1 unspecified atom stereocenters. The summed E-state index contributed by atoms with van der Waals surface area (Å²) >= 11 is 4.57.